The Balaban J connectivity index is 1.36. The third-order valence-electron chi connectivity index (χ3n) is 4.70. The summed E-state index contributed by atoms with van der Waals surface area (Å²) in [5.41, 5.74) is 1.75. The molecule has 4 rings (SSSR count). The van der Waals surface area contributed by atoms with E-state index in [0.717, 1.165) is 43.1 Å². The molecule has 9 nitrogen and oxygen atoms in total. The SMILES string of the molecule is Cc1nc(C2CCN(C(=O)c3ccc(Cn4cnnn4)cc3)CC2)n[nH]1. The Labute approximate surface area is 150 Å². The Kier molecular flexibility index (Phi) is 4.42. The number of benzene rings is 1. The zero-order valence-electron chi connectivity index (χ0n) is 14.5. The van der Waals surface area contributed by atoms with Crippen molar-refractivity contribution in [1.82, 2.24) is 40.3 Å². The van der Waals surface area contributed by atoms with E-state index in [2.05, 4.69) is 30.7 Å². The molecule has 0 aliphatic carbocycles. The summed E-state index contributed by atoms with van der Waals surface area (Å²) in [6.45, 7) is 3.94. The Bertz CT molecular complexity index is 863. The Morgan fingerprint density at radius 3 is 2.62 bits per heavy atom. The summed E-state index contributed by atoms with van der Waals surface area (Å²) >= 11 is 0. The average Bonchev–Trinajstić information content (AvgIpc) is 3.34. The highest BCUT2D eigenvalue weighted by Gasteiger charge is 2.26. The molecule has 0 saturated carbocycles. The lowest BCUT2D eigenvalue weighted by atomic mass is 9.95. The maximum Gasteiger partial charge on any atom is 0.253 e. The van der Waals surface area contributed by atoms with Crippen molar-refractivity contribution in [2.24, 2.45) is 0 Å². The van der Waals surface area contributed by atoms with Gasteiger partial charge >= 0.3 is 0 Å². The molecule has 2 aromatic heterocycles. The third-order valence-corrected chi connectivity index (χ3v) is 4.70. The molecule has 26 heavy (non-hydrogen) atoms. The number of aromatic amines is 1. The molecule has 1 amide bonds. The molecule has 0 atom stereocenters. The van der Waals surface area contributed by atoms with Crippen LogP contribution in [0.1, 0.15) is 46.3 Å². The monoisotopic (exact) mass is 352 g/mol. The van der Waals surface area contributed by atoms with E-state index in [1.165, 1.54) is 0 Å². The standard InChI is InChI=1S/C17H20N8O/c1-12-19-16(21-20-12)14-6-8-24(9-7-14)17(26)15-4-2-13(3-5-15)10-25-11-18-22-23-25/h2-5,11,14H,6-10H2,1H3,(H,19,20,21). The molecule has 1 aromatic carbocycles. The van der Waals surface area contributed by atoms with E-state index >= 15 is 0 Å². The lowest BCUT2D eigenvalue weighted by molar-refractivity contribution is 0.0711. The number of aromatic nitrogens is 7. The molecule has 1 fully saturated rings. The number of amides is 1. The number of piperidine rings is 1. The largest absolute Gasteiger partial charge is 0.339 e. The highest BCUT2D eigenvalue weighted by atomic mass is 16.2. The second kappa shape index (κ2) is 7.03. The first-order valence-corrected chi connectivity index (χ1v) is 8.67. The highest BCUT2D eigenvalue weighted by Crippen LogP contribution is 2.26. The summed E-state index contributed by atoms with van der Waals surface area (Å²) in [5, 5.41) is 18.2. The number of tetrazole rings is 1. The molecule has 0 radical (unpaired) electrons. The second-order valence-electron chi connectivity index (χ2n) is 6.55. The summed E-state index contributed by atoms with van der Waals surface area (Å²) < 4.78 is 1.65. The van der Waals surface area contributed by atoms with Gasteiger partial charge in [-0.3, -0.25) is 9.89 Å². The second-order valence-corrected chi connectivity index (χ2v) is 6.55. The van der Waals surface area contributed by atoms with Gasteiger partial charge in [-0.1, -0.05) is 12.1 Å². The van der Waals surface area contributed by atoms with E-state index in [1.807, 2.05) is 36.1 Å². The number of nitrogens with one attached hydrogen (secondary N) is 1. The highest BCUT2D eigenvalue weighted by molar-refractivity contribution is 5.94. The summed E-state index contributed by atoms with van der Waals surface area (Å²) in [4.78, 5) is 19.1. The van der Waals surface area contributed by atoms with Crippen molar-refractivity contribution >= 4 is 5.91 Å². The van der Waals surface area contributed by atoms with Crippen LogP contribution in [0.4, 0.5) is 0 Å². The van der Waals surface area contributed by atoms with E-state index in [0.29, 0.717) is 18.0 Å². The molecule has 1 N–H and O–H groups in total. The van der Waals surface area contributed by atoms with E-state index in [9.17, 15) is 4.79 Å². The Hall–Kier alpha value is -3.10. The molecular weight excluding hydrogens is 332 g/mol. The minimum Gasteiger partial charge on any atom is -0.339 e. The number of H-pyrrole nitrogens is 1. The van der Waals surface area contributed by atoms with Gasteiger partial charge in [-0.15, -0.1) is 5.10 Å². The molecule has 1 saturated heterocycles. The predicted octanol–water partition coefficient (Wildman–Crippen LogP) is 1.17. The van der Waals surface area contributed by atoms with Gasteiger partial charge in [-0.05, 0) is 47.9 Å². The summed E-state index contributed by atoms with van der Waals surface area (Å²) in [6.07, 6.45) is 3.35. The van der Waals surface area contributed by atoms with E-state index < -0.39 is 0 Å². The van der Waals surface area contributed by atoms with Gasteiger partial charge < -0.3 is 4.90 Å². The lowest BCUT2D eigenvalue weighted by Gasteiger charge is -2.30. The van der Waals surface area contributed by atoms with E-state index in [1.54, 1.807) is 11.0 Å². The van der Waals surface area contributed by atoms with Crippen molar-refractivity contribution in [3.8, 4) is 0 Å². The summed E-state index contributed by atoms with van der Waals surface area (Å²) in [6, 6.07) is 7.62. The Morgan fingerprint density at radius 1 is 1.23 bits per heavy atom. The average molecular weight is 352 g/mol. The third kappa shape index (κ3) is 3.46. The maximum atomic E-state index is 12.7. The molecule has 1 aliphatic heterocycles. The fourth-order valence-corrected chi connectivity index (χ4v) is 3.26. The van der Waals surface area contributed by atoms with Crippen molar-refractivity contribution < 1.29 is 4.79 Å². The smallest absolute Gasteiger partial charge is 0.253 e. The van der Waals surface area contributed by atoms with Crippen LogP contribution in [-0.2, 0) is 6.54 Å². The van der Waals surface area contributed by atoms with Crippen LogP contribution in [0.25, 0.3) is 0 Å². The van der Waals surface area contributed by atoms with Crippen LogP contribution in [0.15, 0.2) is 30.6 Å². The van der Waals surface area contributed by atoms with Crippen molar-refractivity contribution in [3.05, 3.63) is 53.4 Å². The van der Waals surface area contributed by atoms with Crippen molar-refractivity contribution in [3.63, 3.8) is 0 Å². The van der Waals surface area contributed by atoms with Gasteiger partial charge in [0.05, 0.1) is 6.54 Å². The molecule has 1 aliphatic rings. The number of rotatable bonds is 4. The molecule has 3 aromatic rings. The van der Waals surface area contributed by atoms with Crippen LogP contribution in [0.5, 0.6) is 0 Å². The van der Waals surface area contributed by atoms with Crippen LogP contribution in [0, 0.1) is 6.92 Å². The number of hydrogen-bond donors (Lipinski definition) is 1. The van der Waals surface area contributed by atoms with Gasteiger partial charge in [-0.2, -0.15) is 5.10 Å². The van der Waals surface area contributed by atoms with Crippen LogP contribution in [-0.4, -0.2) is 59.3 Å². The van der Waals surface area contributed by atoms with Crippen molar-refractivity contribution in [1.29, 1.82) is 0 Å². The van der Waals surface area contributed by atoms with Gasteiger partial charge in [0.1, 0.15) is 12.2 Å². The number of hydrogen-bond acceptors (Lipinski definition) is 6. The fraction of sp³-hybridized carbons (Fsp3) is 0.412. The van der Waals surface area contributed by atoms with E-state index in [4.69, 9.17) is 0 Å². The summed E-state index contributed by atoms with van der Waals surface area (Å²) in [5.74, 6) is 2.09. The number of carbonyl (C=O) groups is 1. The minimum absolute atomic E-state index is 0.0728. The quantitative estimate of drug-likeness (QED) is 0.755. The van der Waals surface area contributed by atoms with Crippen LogP contribution in [0.3, 0.4) is 0 Å². The number of likely N-dealkylation sites (tertiary alicyclic amines) is 1. The molecule has 9 heteroatoms. The number of carbonyl (C=O) groups excluding carboxylic acids is 1. The lowest BCUT2D eigenvalue weighted by Crippen LogP contribution is -2.38. The number of aryl methyl sites for hydroxylation is 1. The van der Waals surface area contributed by atoms with Gasteiger partial charge in [-0.25, -0.2) is 9.67 Å². The molecular formula is C17H20N8O. The molecule has 134 valence electrons. The minimum atomic E-state index is 0.0728. The molecule has 3 heterocycles. The number of nitrogens with zero attached hydrogens (tertiary/aromatic N) is 7. The van der Waals surface area contributed by atoms with Crippen LogP contribution in [0.2, 0.25) is 0 Å². The van der Waals surface area contributed by atoms with Crippen LogP contribution >= 0.6 is 0 Å². The predicted molar refractivity (Wildman–Crippen MR) is 92.4 cm³/mol. The van der Waals surface area contributed by atoms with Crippen molar-refractivity contribution in [2.45, 2.75) is 32.2 Å². The normalized spacial score (nSPS) is 15.3. The molecule has 0 unspecified atom stereocenters. The summed E-state index contributed by atoms with van der Waals surface area (Å²) in [7, 11) is 0. The zero-order chi connectivity index (χ0) is 17.9. The van der Waals surface area contributed by atoms with Crippen molar-refractivity contribution in [2.75, 3.05) is 13.1 Å². The molecule has 0 bridgehead atoms. The zero-order valence-corrected chi connectivity index (χ0v) is 14.5. The topological polar surface area (TPSA) is 105 Å². The molecule has 0 spiro atoms. The van der Waals surface area contributed by atoms with Gasteiger partial charge in [0.25, 0.3) is 5.91 Å². The van der Waals surface area contributed by atoms with Gasteiger partial charge in [0.2, 0.25) is 0 Å². The first-order valence-electron chi connectivity index (χ1n) is 8.67. The first-order chi connectivity index (χ1) is 12.7. The van der Waals surface area contributed by atoms with Gasteiger partial charge in [0, 0.05) is 24.6 Å². The fourth-order valence-electron chi connectivity index (χ4n) is 3.26. The maximum absolute atomic E-state index is 12.7. The van der Waals surface area contributed by atoms with Gasteiger partial charge in [0.15, 0.2) is 5.82 Å². The van der Waals surface area contributed by atoms with E-state index in [-0.39, 0.29) is 5.91 Å². The van der Waals surface area contributed by atoms with Crippen LogP contribution < -0.4 is 0 Å². The first kappa shape index (κ1) is 16.4. The Morgan fingerprint density at radius 2 is 2.00 bits per heavy atom.